The molecular formula is C33H30F4N6O4. The van der Waals surface area contributed by atoms with E-state index in [-0.39, 0.29) is 24.4 Å². The lowest BCUT2D eigenvalue weighted by Crippen LogP contribution is -2.49. The molecule has 2 aliphatic heterocycles. The minimum atomic E-state index is -4.87. The monoisotopic (exact) mass is 650 g/mol. The number of alkyl halides is 3. The van der Waals surface area contributed by atoms with Crippen molar-refractivity contribution in [1.82, 2.24) is 24.3 Å². The van der Waals surface area contributed by atoms with E-state index in [9.17, 15) is 22.8 Å². The molecule has 1 atom stereocenters. The molecule has 2 aliphatic rings. The molecule has 1 fully saturated rings. The van der Waals surface area contributed by atoms with Crippen LogP contribution in [0.1, 0.15) is 52.4 Å². The third-order valence-electron chi connectivity index (χ3n) is 9.25. The predicted molar refractivity (Wildman–Crippen MR) is 162 cm³/mol. The number of ether oxygens (including phenoxy) is 1. The topological polar surface area (TPSA) is 121 Å². The summed E-state index contributed by atoms with van der Waals surface area (Å²) in [5.41, 5.74) is 5.17. The van der Waals surface area contributed by atoms with Crippen LogP contribution in [0.25, 0.3) is 11.0 Å². The third-order valence-corrected chi connectivity index (χ3v) is 9.25. The van der Waals surface area contributed by atoms with E-state index < -0.39 is 52.6 Å². The standard InChI is InChI=1S/C33H30F4N6O4/c34-24-10-5-9-23(33(35,36)37)22(24)17-42-27-19-46-32(12-14-41(15-13-32)16-21-8-4-11-26-29(21)40-47-39-26)28(27)30(44)43(31(42)45)18-25(38)20-6-2-1-3-7-20/h1-11,25H,12-19,38H2/t25-/m0/s1. The van der Waals surface area contributed by atoms with Gasteiger partial charge in [-0.3, -0.25) is 18.8 Å². The van der Waals surface area contributed by atoms with Crippen LogP contribution in [0.5, 0.6) is 0 Å². The third kappa shape index (κ3) is 5.55. The van der Waals surface area contributed by atoms with Gasteiger partial charge >= 0.3 is 11.9 Å². The van der Waals surface area contributed by atoms with Gasteiger partial charge in [0.05, 0.1) is 36.5 Å². The Balaban J connectivity index is 1.28. The SMILES string of the molecule is N[C@@H](Cn1c(=O)c2c(n(Cc3c(F)cccc3C(F)(F)F)c1=O)COC21CCN(Cc2cccc3nonc23)CC1)c1ccccc1. The minimum absolute atomic E-state index is 0.146. The number of rotatable bonds is 7. The summed E-state index contributed by atoms with van der Waals surface area (Å²) in [6, 6.07) is 16.3. The molecule has 0 bridgehead atoms. The summed E-state index contributed by atoms with van der Waals surface area (Å²) < 4.78 is 70.2. The first-order chi connectivity index (χ1) is 22.6. The van der Waals surface area contributed by atoms with Crippen molar-refractivity contribution in [2.75, 3.05) is 13.1 Å². The van der Waals surface area contributed by atoms with Crippen LogP contribution >= 0.6 is 0 Å². The summed E-state index contributed by atoms with van der Waals surface area (Å²) in [5.74, 6) is -1.11. The fraction of sp³-hybridized carbons (Fsp3) is 0.333. The zero-order valence-electron chi connectivity index (χ0n) is 25.0. The van der Waals surface area contributed by atoms with E-state index in [0.717, 1.165) is 32.9 Å². The Morgan fingerprint density at radius 1 is 0.915 bits per heavy atom. The Bertz CT molecular complexity index is 2070. The highest BCUT2D eigenvalue weighted by molar-refractivity contribution is 5.76. The fourth-order valence-corrected chi connectivity index (χ4v) is 6.79. The van der Waals surface area contributed by atoms with Crippen LogP contribution in [0, 0.1) is 5.82 Å². The first kappa shape index (κ1) is 31.0. The zero-order valence-corrected chi connectivity index (χ0v) is 25.0. The van der Waals surface area contributed by atoms with Crippen molar-refractivity contribution in [3.05, 3.63) is 127 Å². The summed E-state index contributed by atoms with van der Waals surface area (Å²) in [6.07, 6.45) is -4.12. The molecule has 244 valence electrons. The minimum Gasteiger partial charge on any atom is -0.364 e. The molecular weight excluding hydrogens is 620 g/mol. The van der Waals surface area contributed by atoms with E-state index in [1.54, 1.807) is 36.4 Å². The highest BCUT2D eigenvalue weighted by atomic mass is 19.4. The number of fused-ring (bicyclic) bond motifs is 3. The van der Waals surface area contributed by atoms with Crippen LogP contribution in [0.3, 0.4) is 0 Å². The van der Waals surface area contributed by atoms with E-state index in [0.29, 0.717) is 49.1 Å². The Kier molecular flexibility index (Phi) is 7.81. The molecule has 3 aromatic carbocycles. The number of benzene rings is 3. The lowest BCUT2D eigenvalue weighted by atomic mass is 9.85. The summed E-state index contributed by atoms with van der Waals surface area (Å²) in [4.78, 5) is 30.4. The van der Waals surface area contributed by atoms with Gasteiger partial charge in [-0.25, -0.2) is 13.8 Å². The van der Waals surface area contributed by atoms with Gasteiger partial charge in [0.25, 0.3) is 5.56 Å². The molecule has 0 saturated carbocycles. The van der Waals surface area contributed by atoms with Crippen molar-refractivity contribution in [1.29, 1.82) is 0 Å². The molecule has 2 aromatic heterocycles. The highest BCUT2D eigenvalue weighted by Crippen LogP contribution is 2.43. The van der Waals surface area contributed by atoms with Crippen molar-refractivity contribution in [3.63, 3.8) is 0 Å². The molecule has 1 saturated heterocycles. The highest BCUT2D eigenvalue weighted by Gasteiger charge is 2.47. The first-order valence-electron chi connectivity index (χ1n) is 15.1. The second-order valence-electron chi connectivity index (χ2n) is 12.0. The molecule has 0 amide bonds. The van der Waals surface area contributed by atoms with Crippen LogP contribution < -0.4 is 17.0 Å². The van der Waals surface area contributed by atoms with Gasteiger partial charge in [-0.15, -0.1) is 0 Å². The number of nitrogens with two attached hydrogens (primary N) is 1. The van der Waals surface area contributed by atoms with Crippen molar-refractivity contribution in [3.8, 4) is 0 Å². The lowest BCUT2D eigenvalue weighted by molar-refractivity contribution is -0.138. The van der Waals surface area contributed by atoms with Crippen LogP contribution in [0.4, 0.5) is 17.6 Å². The van der Waals surface area contributed by atoms with Gasteiger partial charge in [0, 0.05) is 31.2 Å². The van der Waals surface area contributed by atoms with Crippen molar-refractivity contribution in [2.45, 2.75) is 56.9 Å². The van der Waals surface area contributed by atoms with Crippen LogP contribution in [0.15, 0.2) is 80.9 Å². The molecule has 14 heteroatoms. The maximum atomic E-state index is 15.1. The maximum absolute atomic E-state index is 15.1. The summed E-state index contributed by atoms with van der Waals surface area (Å²) in [5, 5.41) is 7.91. The number of halogens is 4. The van der Waals surface area contributed by atoms with Gasteiger partial charge in [0.1, 0.15) is 22.5 Å². The van der Waals surface area contributed by atoms with E-state index in [4.69, 9.17) is 15.1 Å². The number of nitrogens with zero attached hydrogens (tertiary/aromatic N) is 5. The van der Waals surface area contributed by atoms with E-state index in [1.807, 2.05) is 12.1 Å². The van der Waals surface area contributed by atoms with Gasteiger partial charge in [-0.1, -0.05) is 48.5 Å². The smallest absolute Gasteiger partial charge is 0.364 e. The first-order valence-corrected chi connectivity index (χ1v) is 15.1. The number of likely N-dealkylation sites (tertiary alicyclic amines) is 1. The molecule has 0 aliphatic carbocycles. The summed E-state index contributed by atoms with van der Waals surface area (Å²) in [6.45, 7) is 0.382. The molecule has 0 radical (unpaired) electrons. The Labute approximate surface area is 264 Å². The zero-order chi connectivity index (χ0) is 32.9. The Morgan fingerprint density at radius 3 is 2.40 bits per heavy atom. The molecule has 2 N–H and O–H groups in total. The molecule has 1 spiro atoms. The van der Waals surface area contributed by atoms with Gasteiger partial charge in [-0.05, 0) is 52.5 Å². The summed E-state index contributed by atoms with van der Waals surface area (Å²) in [7, 11) is 0. The van der Waals surface area contributed by atoms with Crippen molar-refractivity contribution in [2.24, 2.45) is 5.73 Å². The Morgan fingerprint density at radius 2 is 1.66 bits per heavy atom. The van der Waals surface area contributed by atoms with Crippen LogP contribution in [-0.4, -0.2) is 37.4 Å². The molecule has 47 heavy (non-hydrogen) atoms. The number of hydrogen-bond donors (Lipinski definition) is 1. The molecule has 4 heterocycles. The van der Waals surface area contributed by atoms with Crippen molar-refractivity contribution >= 4 is 11.0 Å². The maximum Gasteiger partial charge on any atom is 0.416 e. The molecule has 0 unspecified atom stereocenters. The molecule has 7 rings (SSSR count). The normalized spacial score (nSPS) is 17.0. The largest absolute Gasteiger partial charge is 0.416 e. The fourth-order valence-electron chi connectivity index (χ4n) is 6.79. The quantitative estimate of drug-likeness (QED) is 0.256. The van der Waals surface area contributed by atoms with E-state index in [1.165, 1.54) is 0 Å². The lowest BCUT2D eigenvalue weighted by Gasteiger charge is -2.39. The van der Waals surface area contributed by atoms with E-state index in [2.05, 4.69) is 15.2 Å². The van der Waals surface area contributed by atoms with Gasteiger partial charge < -0.3 is 10.5 Å². The number of aromatic nitrogens is 4. The summed E-state index contributed by atoms with van der Waals surface area (Å²) >= 11 is 0. The predicted octanol–water partition coefficient (Wildman–Crippen LogP) is 4.47. The number of piperidine rings is 1. The average molecular weight is 651 g/mol. The van der Waals surface area contributed by atoms with Gasteiger partial charge in [0.2, 0.25) is 0 Å². The van der Waals surface area contributed by atoms with Crippen LogP contribution in [0.2, 0.25) is 0 Å². The van der Waals surface area contributed by atoms with Crippen molar-refractivity contribution < 1.29 is 26.9 Å². The molecule has 5 aromatic rings. The molecule has 10 nitrogen and oxygen atoms in total. The second kappa shape index (κ2) is 11.9. The van der Waals surface area contributed by atoms with Gasteiger partial charge in [0.15, 0.2) is 0 Å². The van der Waals surface area contributed by atoms with Crippen LogP contribution in [-0.2, 0) is 42.8 Å². The van der Waals surface area contributed by atoms with E-state index >= 15 is 4.39 Å². The average Bonchev–Trinajstić information content (AvgIpc) is 3.69. The number of hydrogen-bond acceptors (Lipinski definition) is 8. The Hall–Kier alpha value is -4.66. The van der Waals surface area contributed by atoms with Gasteiger partial charge in [-0.2, -0.15) is 13.2 Å². The second-order valence-corrected chi connectivity index (χ2v) is 12.0.